The molecule has 1 rings (SSSR count). The van der Waals surface area contributed by atoms with Crippen molar-refractivity contribution < 1.29 is 13.2 Å². The van der Waals surface area contributed by atoms with E-state index in [1.165, 1.54) is 0 Å². The van der Waals surface area contributed by atoms with Crippen LogP contribution in [0.25, 0.3) is 0 Å². The average Bonchev–Trinajstić information content (AvgIpc) is 2.38. The topological polar surface area (TPSA) is 56.1 Å². The first-order valence-corrected chi connectivity index (χ1v) is 7.20. The van der Waals surface area contributed by atoms with E-state index < -0.39 is 15.6 Å². The molecule has 0 N–H and O–H groups in total. The van der Waals surface area contributed by atoms with Crippen molar-refractivity contribution in [2.45, 2.75) is 27.3 Å². The zero-order valence-corrected chi connectivity index (χ0v) is 10.9. The van der Waals surface area contributed by atoms with Crippen molar-refractivity contribution in [2.75, 3.05) is 12.0 Å². The molecule has 0 aliphatic carbocycles. The van der Waals surface area contributed by atoms with E-state index in [-0.39, 0.29) is 5.78 Å². The first-order chi connectivity index (χ1) is 7.26. The lowest BCUT2D eigenvalue weighted by molar-refractivity contribution is 0.102. The van der Waals surface area contributed by atoms with Crippen LogP contribution in [0, 0.1) is 13.8 Å². The fraction of sp³-hybridized carbons (Fsp3) is 0.545. The molecule has 1 aromatic heterocycles. The molecule has 1 heterocycles. The summed E-state index contributed by atoms with van der Waals surface area (Å²) < 4.78 is 24.1. The minimum absolute atomic E-state index is 0.324. The highest BCUT2D eigenvalue weighted by molar-refractivity contribution is 7.91. The quantitative estimate of drug-likeness (QED) is 0.750. The Bertz CT molecular complexity index is 512. The van der Waals surface area contributed by atoms with Crippen molar-refractivity contribution in [1.29, 1.82) is 0 Å². The number of carbonyl (C=O) groups is 1. The lowest BCUT2D eigenvalue weighted by atomic mass is 10.2. The number of sulfone groups is 1. The molecule has 5 heteroatoms. The standard InChI is InChI=1S/C11H17NO3S/c1-5-12-8(2)6-10(9(12)3)11(13)7-16(4,14)15/h6H,5,7H2,1-4H3. The Morgan fingerprint density at radius 1 is 1.38 bits per heavy atom. The predicted molar refractivity (Wildman–Crippen MR) is 63.6 cm³/mol. The summed E-state index contributed by atoms with van der Waals surface area (Å²) in [6.07, 6.45) is 1.07. The Hall–Kier alpha value is -1.10. The van der Waals surface area contributed by atoms with Crippen LogP contribution in [0.4, 0.5) is 0 Å². The van der Waals surface area contributed by atoms with Gasteiger partial charge >= 0.3 is 0 Å². The molecule has 0 unspecified atom stereocenters. The summed E-state index contributed by atoms with van der Waals surface area (Å²) in [6.45, 7) is 6.52. The summed E-state index contributed by atoms with van der Waals surface area (Å²) in [7, 11) is -3.26. The molecule has 0 bridgehead atoms. The molecule has 1 aromatic rings. The summed E-state index contributed by atoms with van der Waals surface area (Å²) in [6, 6.07) is 1.76. The van der Waals surface area contributed by atoms with Gasteiger partial charge in [0.05, 0.1) is 0 Å². The van der Waals surface area contributed by atoms with Crippen molar-refractivity contribution in [3.63, 3.8) is 0 Å². The lowest BCUT2D eigenvalue weighted by Gasteiger charge is -2.05. The van der Waals surface area contributed by atoms with Crippen LogP contribution in [0.3, 0.4) is 0 Å². The van der Waals surface area contributed by atoms with Gasteiger partial charge in [-0.15, -0.1) is 0 Å². The maximum absolute atomic E-state index is 11.8. The smallest absolute Gasteiger partial charge is 0.179 e. The maximum Gasteiger partial charge on any atom is 0.179 e. The van der Waals surface area contributed by atoms with Gasteiger partial charge in [-0.2, -0.15) is 0 Å². The van der Waals surface area contributed by atoms with Crippen LogP contribution in [0.2, 0.25) is 0 Å². The molecule has 0 spiro atoms. The monoisotopic (exact) mass is 243 g/mol. The molecule has 4 nitrogen and oxygen atoms in total. The van der Waals surface area contributed by atoms with Gasteiger partial charge < -0.3 is 4.57 Å². The first-order valence-electron chi connectivity index (χ1n) is 5.14. The van der Waals surface area contributed by atoms with Crippen LogP contribution in [0.15, 0.2) is 6.07 Å². The molecule has 0 amide bonds. The number of aryl methyl sites for hydroxylation is 1. The molecule has 0 saturated heterocycles. The van der Waals surface area contributed by atoms with E-state index in [4.69, 9.17) is 0 Å². The molecular formula is C11H17NO3S. The molecule has 0 radical (unpaired) electrons. The first kappa shape index (κ1) is 13.0. The minimum atomic E-state index is -3.26. The number of hydrogen-bond acceptors (Lipinski definition) is 3. The molecule has 0 aromatic carbocycles. The minimum Gasteiger partial charge on any atom is -0.349 e. The van der Waals surface area contributed by atoms with Crippen molar-refractivity contribution in [3.05, 3.63) is 23.0 Å². The van der Waals surface area contributed by atoms with Gasteiger partial charge in [0, 0.05) is 29.8 Å². The third-order valence-corrected chi connectivity index (χ3v) is 3.37. The van der Waals surface area contributed by atoms with Crippen molar-refractivity contribution in [2.24, 2.45) is 0 Å². The van der Waals surface area contributed by atoms with Crippen molar-refractivity contribution >= 4 is 15.6 Å². The summed E-state index contributed by atoms with van der Waals surface area (Å²) in [4.78, 5) is 11.8. The zero-order valence-electron chi connectivity index (χ0n) is 10.1. The van der Waals surface area contributed by atoms with Gasteiger partial charge in [0.2, 0.25) is 0 Å². The molecule has 90 valence electrons. The number of aromatic nitrogens is 1. The van der Waals surface area contributed by atoms with Crippen LogP contribution in [-0.2, 0) is 16.4 Å². The maximum atomic E-state index is 11.8. The normalized spacial score (nSPS) is 11.8. The molecule has 0 atom stereocenters. The molecule has 0 aliphatic heterocycles. The second-order valence-corrected chi connectivity index (χ2v) is 6.16. The highest BCUT2D eigenvalue weighted by Gasteiger charge is 2.18. The second kappa shape index (κ2) is 4.41. The van der Waals surface area contributed by atoms with E-state index in [0.717, 1.165) is 24.2 Å². The number of rotatable bonds is 4. The van der Waals surface area contributed by atoms with Crippen LogP contribution < -0.4 is 0 Å². The Kier molecular flexibility index (Phi) is 3.57. The van der Waals surface area contributed by atoms with E-state index in [0.29, 0.717) is 5.56 Å². The fourth-order valence-corrected chi connectivity index (χ4v) is 2.52. The number of hydrogen-bond donors (Lipinski definition) is 0. The Morgan fingerprint density at radius 3 is 2.31 bits per heavy atom. The van der Waals surface area contributed by atoms with Gasteiger partial charge in [-0.05, 0) is 26.8 Å². The summed E-state index contributed by atoms with van der Waals surface area (Å²) >= 11 is 0. The number of ketones is 1. The summed E-state index contributed by atoms with van der Waals surface area (Å²) in [5, 5.41) is 0. The highest BCUT2D eigenvalue weighted by Crippen LogP contribution is 2.16. The number of carbonyl (C=O) groups excluding carboxylic acids is 1. The molecule has 0 saturated carbocycles. The number of Topliss-reactive ketones (excluding diaryl/α,β-unsaturated/α-hetero) is 1. The van der Waals surface area contributed by atoms with Gasteiger partial charge in [0.1, 0.15) is 5.75 Å². The average molecular weight is 243 g/mol. The third-order valence-electron chi connectivity index (χ3n) is 2.58. The van der Waals surface area contributed by atoms with E-state index in [1.54, 1.807) is 6.07 Å². The van der Waals surface area contributed by atoms with Gasteiger partial charge in [0.25, 0.3) is 0 Å². The molecule has 0 fully saturated rings. The third kappa shape index (κ3) is 2.72. The fourth-order valence-electron chi connectivity index (χ4n) is 1.89. The predicted octanol–water partition coefficient (Wildman–Crippen LogP) is 1.35. The summed E-state index contributed by atoms with van der Waals surface area (Å²) in [5.74, 6) is -0.739. The van der Waals surface area contributed by atoms with Gasteiger partial charge in [0.15, 0.2) is 15.6 Å². The number of nitrogens with zero attached hydrogens (tertiary/aromatic N) is 1. The zero-order chi connectivity index (χ0) is 12.5. The Balaban J connectivity index is 3.11. The Morgan fingerprint density at radius 2 is 1.94 bits per heavy atom. The van der Waals surface area contributed by atoms with Crippen LogP contribution in [-0.4, -0.2) is 30.8 Å². The van der Waals surface area contributed by atoms with Gasteiger partial charge in [-0.25, -0.2) is 8.42 Å². The largest absolute Gasteiger partial charge is 0.349 e. The van der Waals surface area contributed by atoms with E-state index in [1.807, 2.05) is 25.3 Å². The SMILES string of the molecule is CCn1c(C)cc(C(=O)CS(C)(=O)=O)c1C. The Labute approximate surface area is 96.2 Å². The molecule has 0 aliphatic rings. The van der Waals surface area contributed by atoms with Gasteiger partial charge in [-0.3, -0.25) is 4.79 Å². The van der Waals surface area contributed by atoms with Crippen LogP contribution in [0.5, 0.6) is 0 Å². The molecular weight excluding hydrogens is 226 g/mol. The van der Waals surface area contributed by atoms with Crippen LogP contribution in [0.1, 0.15) is 28.7 Å². The summed E-state index contributed by atoms with van der Waals surface area (Å²) in [5.41, 5.74) is 2.34. The highest BCUT2D eigenvalue weighted by atomic mass is 32.2. The lowest BCUT2D eigenvalue weighted by Crippen LogP contribution is -2.15. The van der Waals surface area contributed by atoms with Crippen molar-refractivity contribution in [1.82, 2.24) is 4.57 Å². The van der Waals surface area contributed by atoms with E-state index >= 15 is 0 Å². The van der Waals surface area contributed by atoms with Crippen molar-refractivity contribution in [3.8, 4) is 0 Å². The van der Waals surface area contributed by atoms with E-state index in [2.05, 4.69) is 0 Å². The van der Waals surface area contributed by atoms with Gasteiger partial charge in [-0.1, -0.05) is 0 Å². The second-order valence-electron chi connectivity index (χ2n) is 4.02. The van der Waals surface area contributed by atoms with E-state index in [9.17, 15) is 13.2 Å². The molecule has 16 heavy (non-hydrogen) atoms. The van der Waals surface area contributed by atoms with Crippen LogP contribution >= 0.6 is 0 Å².